The molecule has 3 heteroatoms. The first-order valence-electron chi connectivity index (χ1n) is 8.53. The zero-order valence-electron chi connectivity index (χ0n) is 13.1. The predicted octanol–water partition coefficient (Wildman–Crippen LogP) is 2.98. The van der Waals surface area contributed by atoms with Crippen molar-refractivity contribution in [2.75, 3.05) is 26.2 Å². The summed E-state index contributed by atoms with van der Waals surface area (Å²) >= 11 is 0. The van der Waals surface area contributed by atoms with Crippen LogP contribution >= 0.6 is 0 Å². The van der Waals surface area contributed by atoms with E-state index >= 15 is 0 Å². The summed E-state index contributed by atoms with van der Waals surface area (Å²) in [5.41, 5.74) is 1.43. The first kappa shape index (κ1) is 15.0. The molecule has 0 spiro atoms. The molecular formula is C18H28N2O. The van der Waals surface area contributed by atoms with Crippen molar-refractivity contribution in [3.05, 3.63) is 35.9 Å². The smallest absolute Gasteiger partial charge is 0.0731 e. The topological polar surface area (TPSA) is 24.5 Å². The number of nitrogens with one attached hydrogen (secondary N) is 1. The highest BCUT2D eigenvalue weighted by Crippen LogP contribution is 2.34. The van der Waals surface area contributed by atoms with Crippen LogP contribution in [0.3, 0.4) is 0 Å². The molecule has 0 amide bonds. The van der Waals surface area contributed by atoms with Crippen molar-refractivity contribution < 1.29 is 4.74 Å². The molecule has 1 aromatic carbocycles. The number of benzene rings is 1. The van der Waals surface area contributed by atoms with Crippen molar-refractivity contribution in [2.24, 2.45) is 0 Å². The molecule has 1 saturated heterocycles. The second kappa shape index (κ2) is 7.39. The van der Waals surface area contributed by atoms with Crippen molar-refractivity contribution in [2.45, 2.75) is 50.8 Å². The minimum atomic E-state index is 0.459. The van der Waals surface area contributed by atoms with E-state index in [1.807, 2.05) is 0 Å². The van der Waals surface area contributed by atoms with Crippen LogP contribution in [0.4, 0.5) is 0 Å². The van der Waals surface area contributed by atoms with Gasteiger partial charge in [-0.2, -0.15) is 0 Å². The van der Waals surface area contributed by atoms with Gasteiger partial charge in [0.05, 0.1) is 12.7 Å². The van der Waals surface area contributed by atoms with E-state index in [9.17, 15) is 0 Å². The number of likely N-dealkylation sites (N-methyl/N-ethyl adjacent to an activating group) is 1. The van der Waals surface area contributed by atoms with Crippen LogP contribution in [-0.2, 0) is 4.74 Å². The lowest BCUT2D eigenvalue weighted by Gasteiger charge is -2.47. The lowest BCUT2D eigenvalue weighted by atomic mass is 9.88. The highest BCUT2D eigenvalue weighted by Gasteiger charge is 2.37. The summed E-state index contributed by atoms with van der Waals surface area (Å²) < 4.78 is 6.04. The van der Waals surface area contributed by atoms with Crippen molar-refractivity contribution in [3.63, 3.8) is 0 Å². The lowest BCUT2D eigenvalue weighted by molar-refractivity contribution is -0.103. The molecule has 1 aliphatic carbocycles. The third-order valence-electron chi connectivity index (χ3n) is 4.95. The molecule has 1 heterocycles. The number of rotatable bonds is 5. The van der Waals surface area contributed by atoms with Crippen molar-refractivity contribution in [3.8, 4) is 0 Å². The summed E-state index contributed by atoms with van der Waals surface area (Å²) in [6.45, 7) is 6.19. The highest BCUT2D eigenvalue weighted by atomic mass is 16.5. The maximum absolute atomic E-state index is 6.04. The Morgan fingerprint density at radius 3 is 2.86 bits per heavy atom. The van der Waals surface area contributed by atoms with E-state index in [0.29, 0.717) is 18.2 Å². The predicted molar refractivity (Wildman–Crippen MR) is 86.4 cm³/mol. The molecule has 1 N–H and O–H groups in total. The highest BCUT2D eigenvalue weighted by molar-refractivity contribution is 5.20. The normalized spacial score (nSPS) is 28.0. The SMILES string of the molecule is CCNCC(c1ccccc1)N1CCOC2CCCCC21. The molecule has 116 valence electrons. The van der Waals surface area contributed by atoms with Gasteiger partial charge in [-0.05, 0) is 24.9 Å². The molecule has 1 saturated carbocycles. The third-order valence-corrected chi connectivity index (χ3v) is 4.95. The minimum Gasteiger partial charge on any atom is -0.375 e. The molecule has 0 aromatic heterocycles. The number of morpholine rings is 1. The molecule has 3 rings (SSSR count). The maximum Gasteiger partial charge on any atom is 0.0731 e. The average molecular weight is 288 g/mol. The standard InChI is InChI=1S/C18H28N2O/c1-2-19-14-17(15-8-4-3-5-9-15)20-12-13-21-18-11-7-6-10-16(18)20/h3-5,8-9,16-19H,2,6-7,10-14H2,1H3. The van der Waals surface area contributed by atoms with Crippen LogP contribution in [0.2, 0.25) is 0 Å². The van der Waals surface area contributed by atoms with Crippen LogP contribution in [0.5, 0.6) is 0 Å². The Hall–Kier alpha value is -0.900. The summed E-state index contributed by atoms with van der Waals surface area (Å²) in [6.07, 6.45) is 5.67. The second-order valence-electron chi connectivity index (χ2n) is 6.23. The average Bonchev–Trinajstić information content (AvgIpc) is 2.56. The summed E-state index contributed by atoms with van der Waals surface area (Å²) in [5.74, 6) is 0. The summed E-state index contributed by atoms with van der Waals surface area (Å²) in [7, 11) is 0. The van der Waals surface area contributed by atoms with Crippen LogP contribution in [0.25, 0.3) is 0 Å². The molecule has 0 bridgehead atoms. The second-order valence-corrected chi connectivity index (χ2v) is 6.23. The zero-order valence-corrected chi connectivity index (χ0v) is 13.1. The maximum atomic E-state index is 6.04. The fourth-order valence-electron chi connectivity index (χ4n) is 3.90. The molecule has 21 heavy (non-hydrogen) atoms. The van der Waals surface area contributed by atoms with E-state index in [0.717, 1.165) is 26.2 Å². The Bertz CT molecular complexity index is 420. The fourth-order valence-corrected chi connectivity index (χ4v) is 3.90. The Labute approximate surface area is 128 Å². The van der Waals surface area contributed by atoms with Gasteiger partial charge in [-0.3, -0.25) is 4.90 Å². The largest absolute Gasteiger partial charge is 0.375 e. The van der Waals surface area contributed by atoms with Crippen molar-refractivity contribution in [1.29, 1.82) is 0 Å². The van der Waals surface area contributed by atoms with Gasteiger partial charge >= 0.3 is 0 Å². The number of nitrogens with zero attached hydrogens (tertiary/aromatic N) is 1. The van der Waals surface area contributed by atoms with E-state index in [4.69, 9.17) is 4.74 Å². The molecular weight excluding hydrogens is 260 g/mol. The number of ether oxygens (including phenoxy) is 1. The van der Waals surface area contributed by atoms with E-state index < -0.39 is 0 Å². The summed E-state index contributed by atoms with van der Waals surface area (Å²) in [4.78, 5) is 2.71. The van der Waals surface area contributed by atoms with Gasteiger partial charge in [-0.1, -0.05) is 50.1 Å². The van der Waals surface area contributed by atoms with Crippen LogP contribution in [0.15, 0.2) is 30.3 Å². The first-order valence-corrected chi connectivity index (χ1v) is 8.53. The summed E-state index contributed by atoms with van der Waals surface area (Å²) in [6, 6.07) is 12.1. The van der Waals surface area contributed by atoms with Crippen molar-refractivity contribution >= 4 is 0 Å². The van der Waals surface area contributed by atoms with Crippen LogP contribution in [-0.4, -0.2) is 43.3 Å². The number of hydrogen-bond donors (Lipinski definition) is 1. The van der Waals surface area contributed by atoms with Crippen LogP contribution in [0.1, 0.15) is 44.2 Å². The molecule has 2 aliphatic rings. The molecule has 0 radical (unpaired) electrons. The van der Waals surface area contributed by atoms with Crippen LogP contribution < -0.4 is 5.32 Å². The van der Waals surface area contributed by atoms with Gasteiger partial charge in [-0.15, -0.1) is 0 Å². The van der Waals surface area contributed by atoms with Gasteiger partial charge in [-0.25, -0.2) is 0 Å². The van der Waals surface area contributed by atoms with Crippen molar-refractivity contribution in [1.82, 2.24) is 10.2 Å². The number of hydrogen-bond acceptors (Lipinski definition) is 3. The van der Waals surface area contributed by atoms with Gasteiger partial charge in [0.25, 0.3) is 0 Å². The van der Waals surface area contributed by atoms with E-state index in [-0.39, 0.29) is 0 Å². The Morgan fingerprint density at radius 1 is 1.24 bits per heavy atom. The lowest BCUT2D eigenvalue weighted by Crippen LogP contribution is -2.55. The van der Waals surface area contributed by atoms with Gasteiger partial charge in [0.15, 0.2) is 0 Å². The van der Waals surface area contributed by atoms with E-state index in [1.54, 1.807) is 0 Å². The van der Waals surface area contributed by atoms with Crippen LogP contribution in [0, 0.1) is 0 Å². The fraction of sp³-hybridized carbons (Fsp3) is 0.667. The zero-order chi connectivity index (χ0) is 14.5. The van der Waals surface area contributed by atoms with E-state index in [2.05, 4.69) is 47.5 Å². The Balaban J connectivity index is 1.80. The first-order chi connectivity index (χ1) is 10.4. The van der Waals surface area contributed by atoms with E-state index in [1.165, 1.54) is 31.2 Å². The van der Waals surface area contributed by atoms with Gasteiger partial charge < -0.3 is 10.1 Å². The van der Waals surface area contributed by atoms with Gasteiger partial charge in [0, 0.05) is 25.2 Å². The summed E-state index contributed by atoms with van der Waals surface area (Å²) in [5, 5.41) is 3.56. The molecule has 3 atom stereocenters. The Kier molecular flexibility index (Phi) is 5.28. The molecule has 3 nitrogen and oxygen atoms in total. The molecule has 1 aromatic rings. The third kappa shape index (κ3) is 3.47. The number of fused-ring (bicyclic) bond motifs is 1. The molecule has 2 fully saturated rings. The molecule has 3 unspecified atom stereocenters. The monoisotopic (exact) mass is 288 g/mol. The molecule has 1 aliphatic heterocycles. The quantitative estimate of drug-likeness (QED) is 0.901. The Morgan fingerprint density at radius 2 is 2.05 bits per heavy atom. The van der Waals surface area contributed by atoms with Gasteiger partial charge in [0.1, 0.15) is 0 Å². The minimum absolute atomic E-state index is 0.459. The van der Waals surface area contributed by atoms with Gasteiger partial charge in [0.2, 0.25) is 0 Å².